The zero-order chi connectivity index (χ0) is 12.1. The molecule has 1 aromatic rings. The molecule has 0 saturated carbocycles. The summed E-state index contributed by atoms with van der Waals surface area (Å²) in [5, 5.41) is 3.18. The van der Waals surface area contributed by atoms with Crippen LogP contribution < -0.4 is 5.32 Å². The number of anilines is 1. The number of likely N-dealkylation sites (tertiary alicyclic amines) is 1. The van der Waals surface area contributed by atoms with E-state index in [1.165, 1.54) is 5.56 Å². The van der Waals surface area contributed by atoms with Crippen LogP contribution in [-0.2, 0) is 4.79 Å². The average Bonchev–Trinajstić information content (AvgIpc) is 2.82. The number of nitrogens with one attached hydrogen (secondary N) is 1. The molecule has 0 atom stereocenters. The van der Waals surface area contributed by atoms with E-state index in [0.29, 0.717) is 13.0 Å². The molecule has 0 unspecified atom stereocenters. The number of hydrogen-bond acceptors (Lipinski definition) is 3. The summed E-state index contributed by atoms with van der Waals surface area (Å²) < 4.78 is 0. The quantitative estimate of drug-likeness (QED) is 0.862. The van der Waals surface area contributed by atoms with Gasteiger partial charge in [-0.05, 0) is 37.5 Å². The van der Waals surface area contributed by atoms with E-state index in [2.05, 4.69) is 10.3 Å². The fourth-order valence-corrected chi connectivity index (χ4v) is 2.05. The molecule has 1 aliphatic rings. The van der Waals surface area contributed by atoms with Gasteiger partial charge in [-0.25, -0.2) is 4.98 Å². The molecule has 0 aromatic carbocycles. The second-order valence-electron chi connectivity index (χ2n) is 4.48. The first-order valence-corrected chi connectivity index (χ1v) is 6.20. The highest BCUT2D eigenvalue weighted by molar-refractivity contribution is 5.76. The van der Waals surface area contributed by atoms with E-state index in [1.54, 1.807) is 6.20 Å². The number of hydrogen-bond donors (Lipinski definition) is 1. The van der Waals surface area contributed by atoms with E-state index >= 15 is 0 Å². The number of carbonyl (C=O) groups excluding carboxylic acids is 1. The summed E-state index contributed by atoms with van der Waals surface area (Å²) in [6.07, 6.45) is 4.63. The van der Waals surface area contributed by atoms with Crippen molar-refractivity contribution >= 4 is 11.7 Å². The van der Waals surface area contributed by atoms with Gasteiger partial charge in [-0.1, -0.05) is 0 Å². The standard InChI is InChI=1S/C13H19N3O/c1-11-4-6-14-12(10-11)15-7-5-13(17)16-8-2-3-9-16/h4,6,10H,2-3,5,7-9H2,1H3,(H,14,15). The van der Waals surface area contributed by atoms with Gasteiger partial charge >= 0.3 is 0 Å². The molecule has 0 aliphatic carbocycles. The van der Waals surface area contributed by atoms with Crippen LogP contribution in [0.4, 0.5) is 5.82 Å². The van der Waals surface area contributed by atoms with Crippen molar-refractivity contribution in [1.82, 2.24) is 9.88 Å². The van der Waals surface area contributed by atoms with Gasteiger partial charge in [0, 0.05) is 32.3 Å². The molecule has 1 aliphatic heterocycles. The van der Waals surface area contributed by atoms with Crippen molar-refractivity contribution in [2.45, 2.75) is 26.2 Å². The lowest BCUT2D eigenvalue weighted by Crippen LogP contribution is -2.29. The van der Waals surface area contributed by atoms with Gasteiger partial charge in [0.1, 0.15) is 5.82 Å². The fraction of sp³-hybridized carbons (Fsp3) is 0.538. The lowest BCUT2D eigenvalue weighted by Gasteiger charge is -2.15. The summed E-state index contributed by atoms with van der Waals surface area (Å²) in [6.45, 7) is 4.55. The first-order chi connectivity index (χ1) is 8.25. The minimum atomic E-state index is 0.252. The maximum absolute atomic E-state index is 11.8. The van der Waals surface area contributed by atoms with Crippen LogP contribution in [0.1, 0.15) is 24.8 Å². The van der Waals surface area contributed by atoms with Crippen molar-refractivity contribution in [2.24, 2.45) is 0 Å². The summed E-state index contributed by atoms with van der Waals surface area (Å²) in [7, 11) is 0. The van der Waals surface area contributed by atoms with Gasteiger partial charge in [-0.15, -0.1) is 0 Å². The van der Waals surface area contributed by atoms with E-state index in [-0.39, 0.29) is 5.91 Å². The molecule has 0 spiro atoms. The van der Waals surface area contributed by atoms with Crippen molar-refractivity contribution in [3.63, 3.8) is 0 Å². The Morgan fingerprint density at radius 1 is 1.47 bits per heavy atom. The van der Waals surface area contributed by atoms with Crippen LogP contribution in [0.25, 0.3) is 0 Å². The van der Waals surface area contributed by atoms with Crippen LogP contribution in [0.5, 0.6) is 0 Å². The minimum Gasteiger partial charge on any atom is -0.370 e. The maximum atomic E-state index is 11.8. The van der Waals surface area contributed by atoms with Crippen LogP contribution in [0.3, 0.4) is 0 Å². The van der Waals surface area contributed by atoms with Crippen LogP contribution in [0.2, 0.25) is 0 Å². The van der Waals surface area contributed by atoms with Gasteiger partial charge in [0.2, 0.25) is 5.91 Å². The van der Waals surface area contributed by atoms with E-state index < -0.39 is 0 Å². The van der Waals surface area contributed by atoms with Crippen LogP contribution in [0, 0.1) is 6.92 Å². The molecule has 92 valence electrons. The Bertz CT molecular complexity index is 386. The van der Waals surface area contributed by atoms with Gasteiger partial charge in [0.05, 0.1) is 0 Å². The number of pyridine rings is 1. The predicted octanol–water partition coefficient (Wildman–Crippen LogP) is 1.81. The van der Waals surface area contributed by atoms with Crippen LogP contribution in [-0.4, -0.2) is 35.4 Å². The lowest BCUT2D eigenvalue weighted by molar-refractivity contribution is -0.129. The van der Waals surface area contributed by atoms with Gasteiger partial charge in [0.15, 0.2) is 0 Å². The van der Waals surface area contributed by atoms with Gasteiger partial charge < -0.3 is 10.2 Å². The van der Waals surface area contributed by atoms with Crippen LogP contribution >= 0.6 is 0 Å². The molecule has 1 N–H and O–H groups in total. The van der Waals surface area contributed by atoms with Gasteiger partial charge in [-0.2, -0.15) is 0 Å². The Morgan fingerprint density at radius 2 is 2.24 bits per heavy atom. The number of rotatable bonds is 4. The largest absolute Gasteiger partial charge is 0.370 e. The Labute approximate surface area is 102 Å². The summed E-state index contributed by atoms with van der Waals surface area (Å²) in [6, 6.07) is 3.95. The fourth-order valence-electron chi connectivity index (χ4n) is 2.05. The molecule has 17 heavy (non-hydrogen) atoms. The Balaban J connectivity index is 1.73. The topological polar surface area (TPSA) is 45.2 Å². The third kappa shape index (κ3) is 3.44. The zero-order valence-electron chi connectivity index (χ0n) is 10.3. The minimum absolute atomic E-state index is 0.252. The van der Waals surface area contributed by atoms with Crippen molar-refractivity contribution in [3.8, 4) is 0 Å². The average molecular weight is 233 g/mol. The van der Waals surface area contributed by atoms with Crippen molar-refractivity contribution < 1.29 is 4.79 Å². The number of amides is 1. The molecular weight excluding hydrogens is 214 g/mol. The summed E-state index contributed by atoms with van der Waals surface area (Å²) in [5.41, 5.74) is 1.17. The SMILES string of the molecule is Cc1ccnc(NCCC(=O)N2CCCC2)c1. The van der Waals surface area contributed by atoms with E-state index in [1.807, 2.05) is 24.0 Å². The molecule has 4 heteroatoms. The number of aromatic nitrogens is 1. The number of aryl methyl sites for hydroxylation is 1. The van der Waals surface area contributed by atoms with Gasteiger partial charge in [-0.3, -0.25) is 4.79 Å². The molecule has 2 heterocycles. The Morgan fingerprint density at radius 3 is 2.94 bits per heavy atom. The van der Waals surface area contributed by atoms with E-state index in [4.69, 9.17) is 0 Å². The van der Waals surface area contributed by atoms with Crippen LogP contribution in [0.15, 0.2) is 18.3 Å². The normalized spacial score (nSPS) is 15.0. The van der Waals surface area contributed by atoms with Crippen molar-refractivity contribution in [2.75, 3.05) is 25.0 Å². The molecule has 4 nitrogen and oxygen atoms in total. The molecule has 0 bridgehead atoms. The highest BCUT2D eigenvalue weighted by Crippen LogP contribution is 2.09. The Hall–Kier alpha value is -1.58. The predicted molar refractivity (Wildman–Crippen MR) is 67.9 cm³/mol. The van der Waals surface area contributed by atoms with Gasteiger partial charge in [0.25, 0.3) is 0 Å². The smallest absolute Gasteiger partial charge is 0.224 e. The number of nitrogens with zero attached hydrogens (tertiary/aromatic N) is 2. The van der Waals surface area contributed by atoms with Crippen molar-refractivity contribution in [3.05, 3.63) is 23.9 Å². The summed E-state index contributed by atoms with van der Waals surface area (Å²) in [4.78, 5) is 17.9. The molecule has 1 aromatic heterocycles. The second kappa shape index (κ2) is 5.66. The monoisotopic (exact) mass is 233 g/mol. The molecule has 1 saturated heterocycles. The third-order valence-electron chi connectivity index (χ3n) is 3.02. The second-order valence-corrected chi connectivity index (χ2v) is 4.48. The highest BCUT2D eigenvalue weighted by atomic mass is 16.2. The van der Waals surface area contributed by atoms with Crippen molar-refractivity contribution in [1.29, 1.82) is 0 Å². The molecular formula is C13H19N3O. The van der Waals surface area contributed by atoms with E-state index in [9.17, 15) is 4.79 Å². The maximum Gasteiger partial charge on any atom is 0.224 e. The lowest BCUT2D eigenvalue weighted by atomic mass is 10.3. The first-order valence-electron chi connectivity index (χ1n) is 6.20. The summed E-state index contributed by atoms with van der Waals surface area (Å²) in [5.74, 6) is 1.10. The third-order valence-corrected chi connectivity index (χ3v) is 3.02. The first kappa shape index (κ1) is 11.9. The van der Waals surface area contributed by atoms with E-state index in [0.717, 1.165) is 31.7 Å². The molecule has 2 rings (SSSR count). The molecule has 1 fully saturated rings. The molecule has 1 amide bonds. The Kier molecular flexibility index (Phi) is 3.96. The number of carbonyl (C=O) groups is 1. The molecule has 0 radical (unpaired) electrons. The highest BCUT2D eigenvalue weighted by Gasteiger charge is 2.16. The summed E-state index contributed by atoms with van der Waals surface area (Å²) >= 11 is 0. The zero-order valence-corrected chi connectivity index (χ0v) is 10.3.